The van der Waals surface area contributed by atoms with E-state index in [0.717, 1.165) is 12.1 Å². The lowest BCUT2D eigenvalue weighted by Crippen LogP contribution is -2.10. The molecule has 148 valence electrons. The second-order valence-corrected chi connectivity index (χ2v) is 5.92. The summed E-state index contributed by atoms with van der Waals surface area (Å²) in [6.45, 7) is 0.406. The number of benzene rings is 2. The minimum absolute atomic E-state index is 0.0405. The molecule has 0 saturated carbocycles. The minimum atomic E-state index is -0.628. The van der Waals surface area contributed by atoms with E-state index in [1.165, 1.54) is 24.3 Å². The van der Waals surface area contributed by atoms with Gasteiger partial charge in [-0.05, 0) is 12.1 Å². The van der Waals surface area contributed by atoms with Gasteiger partial charge in [-0.25, -0.2) is 27.5 Å². The average Bonchev–Trinajstić information content (AvgIpc) is 3.24. The highest BCUT2D eigenvalue weighted by atomic mass is 19.1. The molecular weight excluding hydrogens is 380 g/mol. The van der Waals surface area contributed by atoms with Gasteiger partial charge in [0.05, 0.1) is 0 Å². The van der Waals surface area contributed by atoms with Gasteiger partial charge in [0.2, 0.25) is 0 Å². The van der Waals surface area contributed by atoms with Gasteiger partial charge in [-0.2, -0.15) is 0 Å². The Morgan fingerprint density at radius 1 is 0.714 bits per heavy atom. The van der Waals surface area contributed by atoms with E-state index in [-0.39, 0.29) is 25.3 Å². The van der Waals surface area contributed by atoms with Crippen LogP contribution in [0.15, 0.2) is 46.4 Å². The molecule has 2 aliphatic heterocycles. The van der Waals surface area contributed by atoms with Crippen molar-refractivity contribution < 1.29 is 27.0 Å². The molecule has 0 radical (unpaired) electrons. The molecule has 0 aromatic heterocycles. The first-order valence-corrected chi connectivity index (χ1v) is 8.15. The molecule has 28 heavy (non-hydrogen) atoms. The standard InChI is InChI=1S/2C9H8F2N2O/c2*10-5-1-2-6(7(11)3-5)8-4-14-9(12)13-8/h2*1-3,8H,4H2,(H2,12,13)/t2*8-/m10/s1. The van der Waals surface area contributed by atoms with Crippen LogP contribution in [0.2, 0.25) is 0 Å². The fourth-order valence-electron chi connectivity index (χ4n) is 2.65. The Morgan fingerprint density at radius 2 is 1.11 bits per heavy atom. The van der Waals surface area contributed by atoms with Gasteiger partial charge < -0.3 is 20.9 Å². The molecule has 4 N–H and O–H groups in total. The smallest absolute Gasteiger partial charge is 0.282 e. The van der Waals surface area contributed by atoms with Crippen LogP contribution in [-0.2, 0) is 9.47 Å². The van der Waals surface area contributed by atoms with Crippen molar-refractivity contribution in [2.45, 2.75) is 12.1 Å². The average molecular weight is 396 g/mol. The first-order valence-electron chi connectivity index (χ1n) is 8.15. The summed E-state index contributed by atoms with van der Waals surface area (Å²) in [5.41, 5.74) is 11.1. The number of hydrogen-bond donors (Lipinski definition) is 2. The van der Waals surface area contributed by atoms with Crippen molar-refractivity contribution >= 4 is 12.0 Å². The third-order valence-electron chi connectivity index (χ3n) is 3.99. The number of halogens is 4. The van der Waals surface area contributed by atoms with Crippen LogP contribution in [0.3, 0.4) is 0 Å². The fourth-order valence-corrected chi connectivity index (χ4v) is 2.65. The van der Waals surface area contributed by atoms with Gasteiger partial charge in [-0.1, -0.05) is 12.1 Å². The Balaban J connectivity index is 0.000000161. The predicted molar refractivity (Wildman–Crippen MR) is 93.3 cm³/mol. The van der Waals surface area contributed by atoms with E-state index >= 15 is 0 Å². The summed E-state index contributed by atoms with van der Waals surface area (Å²) in [6, 6.07) is 5.86. The number of nitrogens with zero attached hydrogens (tertiary/aromatic N) is 2. The topological polar surface area (TPSA) is 95.2 Å². The van der Waals surface area contributed by atoms with Crippen LogP contribution in [0.4, 0.5) is 17.6 Å². The van der Waals surface area contributed by atoms with Crippen LogP contribution in [0.1, 0.15) is 23.2 Å². The lowest BCUT2D eigenvalue weighted by Gasteiger charge is -2.06. The molecule has 0 amide bonds. The Morgan fingerprint density at radius 3 is 1.39 bits per heavy atom. The van der Waals surface area contributed by atoms with Crippen molar-refractivity contribution in [1.29, 1.82) is 0 Å². The van der Waals surface area contributed by atoms with Crippen molar-refractivity contribution in [3.8, 4) is 0 Å². The van der Waals surface area contributed by atoms with E-state index in [9.17, 15) is 17.6 Å². The van der Waals surface area contributed by atoms with Gasteiger partial charge in [0.25, 0.3) is 12.0 Å². The van der Waals surface area contributed by atoms with Gasteiger partial charge >= 0.3 is 0 Å². The van der Waals surface area contributed by atoms with Crippen molar-refractivity contribution in [1.82, 2.24) is 0 Å². The van der Waals surface area contributed by atoms with Crippen molar-refractivity contribution in [3.63, 3.8) is 0 Å². The van der Waals surface area contributed by atoms with Gasteiger partial charge in [0.15, 0.2) is 0 Å². The van der Waals surface area contributed by atoms with Gasteiger partial charge in [-0.3, -0.25) is 0 Å². The van der Waals surface area contributed by atoms with Crippen LogP contribution in [0, 0.1) is 23.3 Å². The molecule has 2 heterocycles. The zero-order chi connectivity index (χ0) is 20.3. The number of hydrogen-bond acceptors (Lipinski definition) is 6. The summed E-state index contributed by atoms with van der Waals surface area (Å²) in [7, 11) is 0. The van der Waals surface area contributed by atoms with Crippen LogP contribution in [0.5, 0.6) is 0 Å². The molecule has 4 rings (SSSR count). The summed E-state index contributed by atoms with van der Waals surface area (Å²) < 4.78 is 61.4. The molecule has 2 aliphatic rings. The lowest BCUT2D eigenvalue weighted by molar-refractivity contribution is 0.312. The molecule has 0 bridgehead atoms. The Labute approximate surface area is 157 Å². The molecule has 2 atom stereocenters. The normalized spacial score (nSPS) is 20.4. The third-order valence-corrected chi connectivity index (χ3v) is 3.99. The lowest BCUT2D eigenvalue weighted by atomic mass is 10.1. The highest BCUT2D eigenvalue weighted by Gasteiger charge is 2.22. The summed E-state index contributed by atoms with van der Waals surface area (Å²) >= 11 is 0. The van der Waals surface area contributed by atoms with Crippen molar-refractivity contribution in [3.05, 3.63) is 70.8 Å². The van der Waals surface area contributed by atoms with E-state index in [0.29, 0.717) is 11.1 Å². The zero-order valence-electron chi connectivity index (χ0n) is 14.4. The van der Waals surface area contributed by atoms with Gasteiger partial charge in [0, 0.05) is 23.3 Å². The van der Waals surface area contributed by atoms with E-state index in [1.54, 1.807) is 0 Å². The molecule has 6 nitrogen and oxygen atoms in total. The maximum atomic E-state index is 13.2. The first kappa shape index (κ1) is 19.5. The van der Waals surface area contributed by atoms with Crippen LogP contribution in [0.25, 0.3) is 0 Å². The molecule has 0 spiro atoms. The maximum Gasteiger partial charge on any atom is 0.282 e. The number of rotatable bonds is 2. The molecule has 2 aromatic carbocycles. The second kappa shape index (κ2) is 8.15. The summed E-state index contributed by atoms with van der Waals surface area (Å²) in [4.78, 5) is 7.72. The minimum Gasteiger partial charge on any atom is -0.463 e. The predicted octanol–water partition coefficient (Wildman–Crippen LogP) is 2.70. The Kier molecular flexibility index (Phi) is 5.67. The van der Waals surface area contributed by atoms with Crippen LogP contribution in [-0.4, -0.2) is 25.3 Å². The largest absolute Gasteiger partial charge is 0.463 e. The van der Waals surface area contributed by atoms with E-state index in [4.69, 9.17) is 20.9 Å². The number of nitrogens with two attached hydrogens (primary N) is 2. The number of aliphatic imine (C=N–C) groups is 2. The number of amidine groups is 2. The van der Waals surface area contributed by atoms with E-state index in [1.807, 2.05) is 0 Å². The fraction of sp³-hybridized carbons (Fsp3) is 0.222. The SMILES string of the molecule is NC1=N[C@@H](c2ccc(F)cc2F)CO1.NC1=N[C@H](c2ccc(F)cc2F)CO1. The summed E-state index contributed by atoms with van der Waals surface area (Å²) in [6.07, 6.45) is 0. The summed E-state index contributed by atoms with van der Waals surface area (Å²) in [5.74, 6) is -2.47. The third kappa shape index (κ3) is 4.51. The molecular formula is C18H16F4N4O2. The molecule has 10 heteroatoms. The second-order valence-electron chi connectivity index (χ2n) is 5.92. The highest BCUT2D eigenvalue weighted by Crippen LogP contribution is 2.25. The maximum absolute atomic E-state index is 13.2. The van der Waals surface area contributed by atoms with Crippen molar-refractivity contribution in [2.75, 3.05) is 13.2 Å². The molecule has 0 unspecified atom stereocenters. The quantitative estimate of drug-likeness (QED) is 0.763. The molecule has 2 aromatic rings. The van der Waals surface area contributed by atoms with Crippen LogP contribution < -0.4 is 11.5 Å². The van der Waals surface area contributed by atoms with Crippen molar-refractivity contribution in [2.24, 2.45) is 21.5 Å². The zero-order valence-corrected chi connectivity index (χ0v) is 14.4. The monoisotopic (exact) mass is 396 g/mol. The van der Waals surface area contributed by atoms with Gasteiger partial charge in [0.1, 0.15) is 48.6 Å². The molecule has 0 fully saturated rings. The van der Waals surface area contributed by atoms with E-state index in [2.05, 4.69) is 9.98 Å². The van der Waals surface area contributed by atoms with Gasteiger partial charge in [-0.15, -0.1) is 0 Å². The molecule has 0 aliphatic carbocycles. The van der Waals surface area contributed by atoms with Crippen LogP contribution >= 0.6 is 0 Å². The number of ether oxygens (including phenoxy) is 2. The Hall–Kier alpha value is -3.30. The summed E-state index contributed by atoms with van der Waals surface area (Å²) in [5, 5.41) is 0. The highest BCUT2D eigenvalue weighted by molar-refractivity contribution is 5.73. The van der Waals surface area contributed by atoms with E-state index < -0.39 is 35.4 Å². The first-order chi connectivity index (χ1) is 13.3. The Bertz CT molecular complexity index is 860. The molecule has 0 saturated heterocycles.